The van der Waals surface area contributed by atoms with E-state index in [2.05, 4.69) is 238 Å². The average molecular weight is 932 g/mol. The number of likely N-dealkylation sites (tertiary alicyclic amines) is 1. The summed E-state index contributed by atoms with van der Waals surface area (Å²) in [5.74, 6) is 0.983. The van der Waals surface area contributed by atoms with Crippen molar-refractivity contribution in [3.05, 3.63) is 176 Å². The van der Waals surface area contributed by atoms with Crippen molar-refractivity contribution in [3.63, 3.8) is 0 Å². The van der Waals surface area contributed by atoms with Crippen molar-refractivity contribution in [2.24, 2.45) is 41.2 Å². The zero-order valence-electron chi connectivity index (χ0n) is 40.2. The summed E-state index contributed by atoms with van der Waals surface area (Å²) in [4.78, 5) is 0. The van der Waals surface area contributed by atoms with Gasteiger partial charge in [-0.1, -0.05) is 87.9 Å². The van der Waals surface area contributed by atoms with E-state index in [0.717, 1.165) is 10.4 Å². The summed E-state index contributed by atoms with van der Waals surface area (Å²) < 4.78 is 12.7. The van der Waals surface area contributed by atoms with Crippen molar-refractivity contribution in [3.8, 4) is 11.1 Å². The van der Waals surface area contributed by atoms with Crippen LogP contribution in [0, 0.1) is 12.8 Å². The smallest absolute Gasteiger partial charge is 0.212 e. The topological polar surface area (TPSA) is 19.4 Å². The maximum atomic E-state index is 2.36. The first-order valence-electron chi connectivity index (χ1n) is 21.9. The van der Waals surface area contributed by atoms with Crippen LogP contribution in [0.15, 0.2) is 171 Å². The summed E-state index contributed by atoms with van der Waals surface area (Å²) in [6.45, 7) is 7.20. The van der Waals surface area contributed by atoms with Gasteiger partial charge in [-0.15, -0.1) is 0 Å². The van der Waals surface area contributed by atoms with Gasteiger partial charge in [-0.3, -0.25) is 0 Å². The molecular weight excluding hydrogens is 831 g/mol. The van der Waals surface area contributed by atoms with E-state index in [4.69, 9.17) is 0 Å². The van der Waals surface area contributed by atoms with E-state index in [1.807, 2.05) is 47.2 Å². The molecule has 7 nitrogen and oxygen atoms in total. The van der Waals surface area contributed by atoms with E-state index < -0.39 is 0 Å². The number of benzene rings is 3. The Bertz CT molecular complexity index is 2420. The Hall–Kier alpha value is -5.89. The molecule has 0 N–H and O–H groups in total. The van der Waals surface area contributed by atoms with Gasteiger partial charge in [-0.05, 0) is 72.7 Å². The molecule has 5 aromatic heterocycles. The van der Waals surface area contributed by atoms with Crippen LogP contribution in [0.4, 0.5) is 0 Å². The van der Waals surface area contributed by atoms with Crippen LogP contribution in [0.3, 0.4) is 0 Å². The van der Waals surface area contributed by atoms with Crippen LogP contribution in [0.25, 0.3) is 43.8 Å². The highest BCUT2D eigenvalue weighted by Crippen LogP contribution is 2.19. The highest BCUT2D eigenvalue weighted by molar-refractivity contribution is 5.88. The number of piperidine rings is 1. The Balaban J connectivity index is -0.000000753. The zero-order chi connectivity index (χ0) is 45.3. The van der Waals surface area contributed by atoms with Gasteiger partial charge >= 0.3 is 0 Å². The maximum absolute atomic E-state index is 2.36. The van der Waals surface area contributed by atoms with Crippen LogP contribution < -0.4 is 22.8 Å². The highest BCUT2D eigenvalue weighted by atomic mass is 15.3. The zero-order valence-corrected chi connectivity index (χ0v) is 40.2. The first-order chi connectivity index (χ1) is 29.4. The third kappa shape index (κ3) is 23.2. The molecule has 0 saturated carbocycles. The SMILES string of the molecule is C.C.C.C.C.C.CC1CC[N+](C)(C)CC1.C[N+](C)(C)C.C[n+]1c2ccccc2cc2ccccc21.C[n+]1ccc(-c2cc[n+](C)cc2)cc1.C[n+]1cccc2ccccc21.Cc1cc[n+](C)cc1. The van der Waals surface area contributed by atoms with Crippen molar-refractivity contribution in [2.75, 3.05) is 55.4 Å². The first-order valence-corrected chi connectivity index (χ1v) is 21.9. The monoisotopic (exact) mass is 931 g/mol. The minimum atomic E-state index is 0. The number of aromatic nitrogens is 5. The Morgan fingerprint density at radius 2 is 0.765 bits per heavy atom. The van der Waals surface area contributed by atoms with Crippen LogP contribution in [0.2, 0.25) is 0 Å². The van der Waals surface area contributed by atoms with Gasteiger partial charge < -0.3 is 8.97 Å². The second-order valence-electron chi connectivity index (χ2n) is 18.8. The molecule has 1 saturated heterocycles. The molecular formula is C61H100N7+7. The van der Waals surface area contributed by atoms with E-state index >= 15 is 0 Å². The molecule has 0 bridgehead atoms. The predicted octanol–water partition coefficient (Wildman–Crippen LogP) is 11.9. The lowest BCUT2D eigenvalue weighted by Gasteiger charge is -2.35. The largest absolute Gasteiger partial charge is 0.333 e. The molecule has 1 aliphatic rings. The summed E-state index contributed by atoms with van der Waals surface area (Å²) in [6.07, 6.45) is 17.2. The Morgan fingerprint density at radius 1 is 0.441 bits per heavy atom. The van der Waals surface area contributed by atoms with E-state index in [-0.39, 0.29) is 44.6 Å². The number of aryl methyl sites for hydroxylation is 6. The summed E-state index contributed by atoms with van der Waals surface area (Å²) in [5, 5.41) is 3.87. The maximum Gasteiger partial charge on any atom is 0.212 e. The fourth-order valence-electron chi connectivity index (χ4n) is 6.79. The van der Waals surface area contributed by atoms with Crippen molar-refractivity contribution in [1.82, 2.24) is 0 Å². The number of nitrogens with zero attached hydrogens (tertiary/aromatic N) is 7. The number of hydrogen-bond acceptors (Lipinski definition) is 0. The molecule has 0 amide bonds. The predicted molar refractivity (Wildman–Crippen MR) is 299 cm³/mol. The normalized spacial score (nSPS) is 11.9. The van der Waals surface area contributed by atoms with Crippen molar-refractivity contribution >= 4 is 32.7 Å². The molecule has 0 spiro atoms. The molecule has 6 heterocycles. The number of rotatable bonds is 1. The van der Waals surface area contributed by atoms with Crippen LogP contribution in [0.1, 0.15) is 69.9 Å². The van der Waals surface area contributed by atoms with Gasteiger partial charge in [0, 0.05) is 76.8 Å². The lowest BCUT2D eigenvalue weighted by molar-refractivity contribution is -0.896. The van der Waals surface area contributed by atoms with Crippen LogP contribution in [-0.4, -0.2) is 64.3 Å². The Kier molecular flexibility index (Phi) is 31.2. The van der Waals surface area contributed by atoms with Crippen LogP contribution in [-0.2, 0) is 35.2 Å². The molecule has 372 valence electrons. The van der Waals surface area contributed by atoms with E-state index in [1.165, 1.54) is 79.8 Å². The molecule has 1 fully saturated rings. The van der Waals surface area contributed by atoms with Gasteiger partial charge in [-0.25, -0.2) is 18.3 Å². The van der Waals surface area contributed by atoms with Crippen molar-refractivity contribution in [2.45, 2.75) is 71.2 Å². The molecule has 8 aromatic rings. The summed E-state index contributed by atoms with van der Waals surface area (Å²) in [7, 11) is 23.4. The summed E-state index contributed by atoms with van der Waals surface area (Å²) in [6, 6.07) is 44.4. The number of pyridine rings is 5. The molecule has 1 aliphatic heterocycles. The van der Waals surface area contributed by atoms with Gasteiger partial charge in [0.2, 0.25) is 16.6 Å². The van der Waals surface area contributed by atoms with Gasteiger partial charge in [-0.2, -0.15) is 4.57 Å². The summed E-state index contributed by atoms with van der Waals surface area (Å²) in [5.41, 5.74) is 7.64. The molecule has 7 heteroatoms. The average Bonchev–Trinajstić information content (AvgIpc) is 3.24. The van der Waals surface area contributed by atoms with Gasteiger partial charge in [0.25, 0.3) is 0 Å². The molecule has 0 radical (unpaired) electrons. The molecule has 3 aromatic carbocycles. The molecule has 9 rings (SSSR count). The number of hydrogen-bond donors (Lipinski definition) is 0. The number of para-hydroxylation sites is 3. The first kappa shape index (κ1) is 66.4. The Labute approximate surface area is 418 Å². The van der Waals surface area contributed by atoms with Gasteiger partial charge in [0.15, 0.2) is 43.4 Å². The minimum Gasteiger partial charge on any atom is -0.333 e. The molecule has 0 unspecified atom stereocenters. The fourth-order valence-corrected chi connectivity index (χ4v) is 6.79. The Morgan fingerprint density at radius 3 is 1.12 bits per heavy atom. The highest BCUT2D eigenvalue weighted by Gasteiger charge is 2.22. The second kappa shape index (κ2) is 32.0. The lowest BCUT2D eigenvalue weighted by atomic mass is 9.98. The van der Waals surface area contributed by atoms with E-state index in [1.54, 1.807) is 0 Å². The quantitative estimate of drug-likeness (QED) is 0.0888. The van der Waals surface area contributed by atoms with Crippen LogP contribution in [0.5, 0.6) is 0 Å². The van der Waals surface area contributed by atoms with Crippen molar-refractivity contribution in [1.29, 1.82) is 0 Å². The second-order valence-corrected chi connectivity index (χ2v) is 18.8. The number of fused-ring (bicyclic) bond motifs is 3. The summed E-state index contributed by atoms with van der Waals surface area (Å²) >= 11 is 0. The standard InChI is InChI=1S/C14H12N.C12H14N2.C10H10N.C8H18N.C7H10N.C4H12N.6CH4/c1-15-13-8-4-2-6-11(13)10-12-7-3-5-9-14(12)15;1-13-7-3-11(4-8-13)12-5-9-14(2)10-6-12;1-11-8-4-6-9-5-2-3-7-10(9)11;1-8-4-6-9(2,3)7-5-8;1-7-3-5-8(2)6-4-7;1-5(2,3)4;;;;;;/h2-10H,1H3;3-10H,1-2H3;2-8H,1H3;8H,4-7H2,1-3H3;3-6H,1-2H3;1-4H3;6*1H4/q+1;+2;4*+1;;;;;;. The van der Waals surface area contributed by atoms with Crippen molar-refractivity contribution < 1.29 is 31.8 Å². The molecule has 68 heavy (non-hydrogen) atoms. The third-order valence-corrected chi connectivity index (χ3v) is 10.7. The third-order valence-electron chi connectivity index (χ3n) is 10.7. The lowest BCUT2D eigenvalue weighted by Crippen LogP contribution is -2.45. The van der Waals surface area contributed by atoms with E-state index in [9.17, 15) is 0 Å². The molecule has 0 aliphatic carbocycles. The molecule has 0 atom stereocenters. The van der Waals surface area contributed by atoms with Gasteiger partial charge in [0.1, 0.15) is 35.2 Å². The van der Waals surface area contributed by atoms with Gasteiger partial charge in [0.05, 0.1) is 55.4 Å². The minimum absolute atomic E-state index is 0. The van der Waals surface area contributed by atoms with Crippen LogP contribution >= 0.6 is 0 Å². The van der Waals surface area contributed by atoms with E-state index in [0.29, 0.717) is 0 Å². The fraction of sp³-hybridized carbons (Fsp3) is 0.393. The number of quaternary nitrogens is 2.